The number of rotatable bonds is 3. The number of benzene rings is 1. The lowest BCUT2D eigenvalue weighted by Gasteiger charge is -2.20. The molecule has 1 aromatic heterocycles. The van der Waals surface area contributed by atoms with Gasteiger partial charge in [-0.05, 0) is 44.0 Å². The lowest BCUT2D eigenvalue weighted by atomic mass is 10.1. The third kappa shape index (κ3) is 2.91. The average molecular weight is 287 g/mol. The molecule has 0 radical (unpaired) electrons. The Morgan fingerprint density at radius 3 is 2.24 bits per heavy atom. The van der Waals surface area contributed by atoms with E-state index >= 15 is 0 Å². The Labute approximate surface area is 122 Å². The lowest BCUT2D eigenvalue weighted by molar-refractivity contribution is -0.385. The second-order valence-corrected chi connectivity index (χ2v) is 5.00. The Bertz CT molecular complexity index is 695. The van der Waals surface area contributed by atoms with E-state index in [1.54, 1.807) is 18.9 Å². The first-order valence-electron chi connectivity index (χ1n) is 6.40. The topological polar surface area (TPSA) is 98.2 Å². The molecule has 0 amide bonds. The van der Waals surface area contributed by atoms with Crippen LogP contribution in [0.1, 0.15) is 16.8 Å². The number of nitrogens with zero attached hydrogens (tertiary/aromatic N) is 4. The predicted octanol–water partition coefficient (Wildman–Crippen LogP) is 2.66. The van der Waals surface area contributed by atoms with Gasteiger partial charge in [0.25, 0.3) is 0 Å². The van der Waals surface area contributed by atoms with Crippen molar-refractivity contribution in [1.82, 2.24) is 9.97 Å². The van der Waals surface area contributed by atoms with Crippen LogP contribution in [0.3, 0.4) is 0 Å². The van der Waals surface area contributed by atoms with E-state index in [0.717, 1.165) is 16.8 Å². The van der Waals surface area contributed by atoms with Crippen LogP contribution in [0.5, 0.6) is 0 Å². The highest BCUT2D eigenvalue weighted by molar-refractivity contribution is 5.70. The van der Waals surface area contributed by atoms with Crippen LogP contribution in [0, 0.1) is 30.9 Å². The minimum atomic E-state index is -0.483. The third-order valence-corrected chi connectivity index (χ3v) is 3.15. The maximum absolute atomic E-state index is 11.3. The molecule has 0 unspecified atom stereocenters. The van der Waals surface area contributed by atoms with Crippen LogP contribution >= 0.6 is 0 Å². The van der Waals surface area contributed by atoms with E-state index in [2.05, 4.69) is 9.97 Å². The first-order chi connectivity index (χ1) is 9.79. The third-order valence-electron chi connectivity index (χ3n) is 3.15. The normalized spacial score (nSPS) is 10.5. The van der Waals surface area contributed by atoms with Crippen LogP contribution in [-0.4, -0.2) is 21.9 Å². The first kappa shape index (κ1) is 14.7. The van der Waals surface area contributed by atoms with Crippen molar-refractivity contribution in [1.29, 1.82) is 0 Å². The number of hydrogen-bond acceptors (Lipinski definition) is 6. The van der Waals surface area contributed by atoms with E-state index in [1.165, 1.54) is 0 Å². The van der Waals surface area contributed by atoms with E-state index in [9.17, 15) is 10.1 Å². The largest absolute Gasteiger partial charge is 0.368 e. The van der Waals surface area contributed by atoms with E-state index in [4.69, 9.17) is 5.73 Å². The number of nitrogen functional groups attached to an aromatic ring is 1. The molecule has 2 rings (SSSR count). The molecule has 1 heterocycles. The van der Waals surface area contributed by atoms with Gasteiger partial charge in [0.05, 0.1) is 4.92 Å². The highest BCUT2D eigenvalue weighted by Crippen LogP contribution is 2.33. The van der Waals surface area contributed by atoms with Crippen molar-refractivity contribution in [2.45, 2.75) is 20.8 Å². The monoisotopic (exact) mass is 287 g/mol. The quantitative estimate of drug-likeness (QED) is 0.688. The fraction of sp³-hybridized carbons (Fsp3) is 0.286. The van der Waals surface area contributed by atoms with Crippen molar-refractivity contribution in [2.75, 3.05) is 17.7 Å². The van der Waals surface area contributed by atoms with Crippen molar-refractivity contribution in [3.05, 3.63) is 45.1 Å². The highest BCUT2D eigenvalue weighted by atomic mass is 16.6. The Morgan fingerprint density at radius 1 is 1.14 bits per heavy atom. The van der Waals surface area contributed by atoms with Gasteiger partial charge in [-0.25, -0.2) is 4.98 Å². The molecule has 0 atom stereocenters. The number of anilines is 3. The van der Waals surface area contributed by atoms with E-state index in [-0.39, 0.29) is 23.1 Å². The van der Waals surface area contributed by atoms with Gasteiger partial charge in [0.2, 0.25) is 11.8 Å². The summed E-state index contributed by atoms with van der Waals surface area (Å²) < 4.78 is 0. The predicted molar refractivity (Wildman–Crippen MR) is 81.8 cm³/mol. The zero-order valence-electron chi connectivity index (χ0n) is 12.4. The average Bonchev–Trinajstić information content (AvgIpc) is 2.35. The molecule has 1 aromatic carbocycles. The summed E-state index contributed by atoms with van der Waals surface area (Å²) in [6.07, 6.45) is 0. The van der Waals surface area contributed by atoms with E-state index in [0.29, 0.717) is 0 Å². The summed E-state index contributed by atoms with van der Waals surface area (Å²) in [6, 6.07) is 5.90. The maximum Gasteiger partial charge on any atom is 0.333 e. The number of nitrogens with two attached hydrogens (primary N) is 1. The lowest BCUT2D eigenvalue weighted by Crippen LogP contribution is -2.16. The zero-order chi connectivity index (χ0) is 15.7. The Morgan fingerprint density at radius 2 is 1.71 bits per heavy atom. The fourth-order valence-electron chi connectivity index (χ4n) is 2.29. The van der Waals surface area contributed by atoms with Crippen molar-refractivity contribution >= 4 is 23.1 Å². The first-order valence-corrected chi connectivity index (χ1v) is 6.40. The van der Waals surface area contributed by atoms with Gasteiger partial charge < -0.3 is 10.6 Å². The fourth-order valence-corrected chi connectivity index (χ4v) is 2.29. The Kier molecular flexibility index (Phi) is 3.75. The Hall–Kier alpha value is -2.70. The van der Waals surface area contributed by atoms with E-state index in [1.807, 2.05) is 32.0 Å². The summed E-state index contributed by atoms with van der Waals surface area (Å²) in [6.45, 7) is 5.49. The second kappa shape index (κ2) is 5.35. The molecule has 0 aliphatic rings. The SMILES string of the molecule is Cc1cc(C)cc(N(C)c2nc(N)nc(C)c2[N+](=O)[O-])c1. The zero-order valence-corrected chi connectivity index (χ0v) is 12.4. The minimum absolute atomic E-state index is 0.0179. The molecule has 110 valence electrons. The number of aromatic nitrogens is 2. The molecule has 0 bridgehead atoms. The van der Waals surface area contributed by atoms with Crippen molar-refractivity contribution in [3.63, 3.8) is 0 Å². The van der Waals surface area contributed by atoms with Gasteiger partial charge >= 0.3 is 5.69 Å². The molecular formula is C14H17N5O2. The molecule has 7 heteroatoms. The van der Waals surface area contributed by atoms with Gasteiger partial charge in [-0.2, -0.15) is 4.98 Å². The molecule has 0 aliphatic heterocycles. The summed E-state index contributed by atoms with van der Waals surface area (Å²) in [5.74, 6) is 0.208. The molecule has 2 N–H and O–H groups in total. The van der Waals surface area contributed by atoms with E-state index < -0.39 is 4.92 Å². The number of aryl methyl sites for hydroxylation is 3. The Balaban J connectivity index is 2.62. The van der Waals surface area contributed by atoms with Crippen LogP contribution in [0.2, 0.25) is 0 Å². The van der Waals surface area contributed by atoms with Crippen LogP contribution < -0.4 is 10.6 Å². The summed E-state index contributed by atoms with van der Waals surface area (Å²) in [5.41, 5.74) is 8.70. The summed E-state index contributed by atoms with van der Waals surface area (Å²) in [4.78, 5) is 20.4. The molecule has 0 fully saturated rings. The number of nitro groups is 1. The second-order valence-electron chi connectivity index (χ2n) is 5.00. The maximum atomic E-state index is 11.3. The van der Waals surface area contributed by atoms with Gasteiger partial charge in [0.15, 0.2) is 0 Å². The van der Waals surface area contributed by atoms with Gasteiger partial charge in [-0.1, -0.05) is 6.07 Å². The van der Waals surface area contributed by atoms with Crippen molar-refractivity contribution < 1.29 is 4.92 Å². The summed E-state index contributed by atoms with van der Waals surface area (Å²) in [5, 5.41) is 11.3. The van der Waals surface area contributed by atoms with Crippen LogP contribution in [0.25, 0.3) is 0 Å². The van der Waals surface area contributed by atoms with Crippen LogP contribution in [0.15, 0.2) is 18.2 Å². The number of hydrogen-bond donors (Lipinski definition) is 1. The summed E-state index contributed by atoms with van der Waals surface area (Å²) >= 11 is 0. The highest BCUT2D eigenvalue weighted by Gasteiger charge is 2.25. The minimum Gasteiger partial charge on any atom is -0.368 e. The summed E-state index contributed by atoms with van der Waals surface area (Å²) in [7, 11) is 1.72. The molecule has 0 saturated heterocycles. The molecule has 0 spiro atoms. The molecule has 2 aromatic rings. The molecule has 0 aliphatic carbocycles. The van der Waals surface area contributed by atoms with Gasteiger partial charge in [-0.3, -0.25) is 10.1 Å². The van der Waals surface area contributed by atoms with Crippen molar-refractivity contribution in [3.8, 4) is 0 Å². The molecule has 0 saturated carbocycles. The molecular weight excluding hydrogens is 270 g/mol. The van der Waals surface area contributed by atoms with Gasteiger partial charge in [-0.15, -0.1) is 0 Å². The molecule has 7 nitrogen and oxygen atoms in total. The molecule has 21 heavy (non-hydrogen) atoms. The standard InChI is InChI=1S/C14H17N5O2/c1-8-5-9(2)7-11(6-8)18(4)13-12(19(20)21)10(3)16-14(15)17-13/h5-7H,1-4H3,(H2,15,16,17). The van der Waals surface area contributed by atoms with Gasteiger partial charge in [0.1, 0.15) is 5.69 Å². The van der Waals surface area contributed by atoms with Gasteiger partial charge in [0, 0.05) is 12.7 Å². The van der Waals surface area contributed by atoms with Crippen LogP contribution in [0.4, 0.5) is 23.1 Å². The smallest absolute Gasteiger partial charge is 0.333 e. The van der Waals surface area contributed by atoms with Crippen LogP contribution in [-0.2, 0) is 0 Å². The van der Waals surface area contributed by atoms with Crippen molar-refractivity contribution in [2.24, 2.45) is 0 Å².